The fraction of sp³-hybridized carbons (Fsp3) is 0. The van der Waals surface area contributed by atoms with Crippen LogP contribution in [-0.2, 0) is 0 Å². The average molecular weight is 372 g/mol. The normalized spacial score (nSPS) is 11.5. The molecule has 114 valence electrons. The van der Waals surface area contributed by atoms with Gasteiger partial charge in [-0.25, -0.2) is 0 Å². The van der Waals surface area contributed by atoms with Gasteiger partial charge < -0.3 is 4.57 Å². The predicted octanol–water partition coefficient (Wildman–Crippen LogP) is 6.70. The van der Waals surface area contributed by atoms with Gasteiger partial charge in [0.15, 0.2) is 0 Å². The lowest BCUT2D eigenvalue weighted by atomic mass is 10.1. The first kappa shape index (κ1) is 13.8. The van der Waals surface area contributed by atoms with Crippen molar-refractivity contribution in [2.75, 3.05) is 0 Å². The molecule has 1 heterocycles. The van der Waals surface area contributed by atoms with Crippen molar-refractivity contribution < 1.29 is 0 Å². The van der Waals surface area contributed by atoms with Crippen LogP contribution >= 0.6 is 15.9 Å². The second-order valence-electron chi connectivity index (χ2n) is 6.02. The van der Waals surface area contributed by atoms with Crippen LogP contribution in [0, 0.1) is 0 Å². The molecular formula is C22H14BrN. The smallest absolute Gasteiger partial charge is 0.0610 e. The van der Waals surface area contributed by atoms with Crippen LogP contribution in [0.2, 0.25) is 0 Å². The number of hydrogen-bond acceptors (Lipinski definition) is 0. The maximum absolute atomic E-state index is 3.79. The summed E-state index contributed by atoms with van der Waals surface area (Å²) in [5.41, 5.74) is 3.63. The molecule has 4 aromatic carbocycles. The molecule has 0 aliphatic carbocycles. The van der Waals surface area contributed by atoms with Crippen molar-refractivity contribution in [3.63, 3.8) is 0 Å². The third-order valence-corrected chi connectivity index (χ3v) is 5.27. The standard InChI is InChI=1S/C22H14BrN/c23-19-13-15-7-1-2-8-16(15)14-22(19)24-20-11-5-3-9-17(20)18-10-4-6-12-21(18)24/h1-14H. The highest BCUT2D eigenvalue weighted by molar-refractivity contribution is 9.10. The molecule has 0 atom stereocenters. The molecule has 0 amide bonds. The van der Waals surface area contributed by atoms with Crippen LogP contribution in [0.25, 0.3) is 38.3 Å². The Labute approximate surface area is 148 Å². The fourth-order valence-corrected chi connectivity index (χ4v) is 4.09. The minimum absolute atomic E-state index is 1.10. The van der Waals surface area contributed by atoms with Gasteiger partial charge in [-0.3, -0.25) is 0 Å². The largest absolute Gasteiger partial charge is 0.308 e. The molecule has 2 heteroatoms. The molecule has 0 aliphatic heterocycles. The number of aromatic nitrogens is 1. The third-order valence-electron chi connectivity index (χ3n) is 4.64. The van der Waals surface area contributed by atoms with E-state index >= 15 is 0 Å². The van der Waals surface area contributed by atoms with Crippen LogP contribution in [0.4, 0.5) is 0 Å². The maximum atomic E-state index is 3.79. The second kappa shape index (κ2) is 5.22. The first-order valence-electron chi connectivity index (χ1n) is 8.00. The van der Waals surface area contributed by atoms with Gasteiger partial charge in [-0.15, -0.1) is 0 Å². The van der Waals surface area contributed by atoms with Crippen molar-refractivity contribution in [3.05, 3.63) is 89.4 Å². The topological polar surface area (TPSA) is 4.93 Å². The van der Waals surface area contributed by atoms with Gasteiger partial charge in [0.05, 0.1) is 16.7 Å². The Morgan fingerprint density at radius 1 is 0.583 bits per heavy atom. The summed E-state index contributed by atoms with van der Waals surface area (Å²) in [5.74, 6) is 0. The lowest BCUT2D eigenvalue weighted by Crippen LogP contribution is -1.95. The number of benzene rings is 4. The molecule has 0 N–H and O–H groups in total. The first-order valence-corrected chi connectivity index (χ1v) is 8.79. The number of hydrogen-bond donors (Lipinski definition) is 0. The fourth-order valence-electron chi connectivity index (χ4n) is 3.55. The summed E-state index contributed by atoms with van der Waals surface area (Å²) in [7, 11) is 0. The molecule has 0 bridgehead atoms. The summed E-state index contributed by atoms with van der Waals surface area (Å²) in [5, 5.41) is 5.06. The summed E-state index contributed by atoms with van der Waals surface area (Å²) < 4.78 is 3.45. The first-order chi connectivity index (χ1) is 11.8. The Kier molecular flexibility index (Phi) is 3.00. The lowest BCUT2D eigenvalue weighted by molar-refractivity contribution is 1.17. The molecule has 5 aromatic rings. The monoisotopic (exact) mass is 371 g/mol. The SMILES string of the molecule is Brc1cc2ccccc2cc1-n1c2ccccc2c2ccccc21. The zero-order valence-electron chi connectivity index (χ0n) is 12.9. The Morgan fingerprint density at radius 3 is 1.71 bits per heavy atom. The Balaban J connectivity index is 1.97. The van der Waals surface area contributed by atoms with E-state index in [1.165, 1.54) is 38.3 Å². The van der Waals surface area contributed by atoms with Crippen molar-refractivity contribution >= 4 is 48.5 Å². The van der Waals surface area contributed by atoms with Crippen LogP contribution in [0.3, 0.4) is 0 Å². The molecular weight excluding hydrogens is 358 g/mol. The minimum atomic E-state index is 1.10. The van der Waals surface area contributed by atoms with Crippen LogP contribution in [-0.4, -0.2) is 4.57 Å². The summed E-state index contributed by atoms with van der Waals surface area (Å²) in [4.78, 5) is 0. The minimum Gasteiger partial charge on any atom is -0.308 e. The molecule has 24 heavy (non-hydrogen) atoms. The van der Waals surface area contributed by atoms with Gasteiger partial charge in [-0.2, -0.15) is 0 Å². The Bertz CT molecular complexity index is 1160. The van der Waals surface area contributed by atoms with E-state index in [1.807, 2.05) is 0 Å². The zero-order chi connectivity index (χ0) is 16.1. The highest BCUT2D eigenvalue weighted by atomic mass is 79.9. The van der Waals surface area contributed by atoms with Crippen molar-refractivity contribution in [3.8, 4) is 5.69 Å². The van der Waals surface area contributed by atoms with Crippen molar-refractivity contribution in [1.82, 2.24) is 4.57 Å². The van der Waals surface area contributed by atoms with E-state index in [1.54, 1.807) is 0 Å². The van der Waals surface area contributed by atoms with E-state index in [-0.39, 0.29) is 0 Å². The molecule has 5 rings (SSSR count). The van der Waals surface area contributed by atoms with Gasteiger partial charge in [0.25, 0.3) is 0 Å². The molecule has 1 nitrogen and oxygen atoms in total. The van der Waals surface area contributed by atoms with Gasteiger partial charge in [-0.1, -0.05) is 60.7 Å². The van der Waals surface area contributed by atoms with Gasteiger partial charge in [0, 0.05) is 15.2 Å². The molecule has 1 aromatic heterocycles. The van der Waals surface area contributed by atoms with Gasteiger partial charge in [0.1, 0.15) is 0 Å². The number of fused-ring (bicyclic) bond motifs is 4. The Hall–Kier alpha value is -2.58. The van der Waals surface area contributed by atoms with E-state index in [2.05, 4.69) is 105 Å². The quantitative estimate of drug-likeness (QED) is 0.309. The zero-order valence-corrected chi connectivity index (χ0v) is 14.5. The van der Waals surface area contributed by atoms with E-state index in [9.17, 15) is 0 Å². The molecule has 0 saturated carbocycles. The summed E-state index contributed by atoms with van der Waals surface area (Å²) in [6.07, 6.45) is 0. The van der Waals surface area contributed by atoms with Crippen LogP contribution in [0.15, 0.2) is 89.4 Å². The van der Waals surface area contributed by atoms with E-state index in [0.29, 0.717) is 0 Å². The van der Waals surface area contributed by atoms with E-state index in [0.717, 1.165) is 4.47 Å². The second-order valence-corrected chi connectivity index (χ2v) is 6.87. The van der Waals surface area contributed by atoms with Crippen LogP contribution < -0.4 is 0 Å². The van der Waals surface area contributed by atoms with Crippen LogP contribution in [0.1, 0.15) is 0 Å². The highest BCUT2D eigenvalue weighted by Gasteiger charge is 2.13. The summed E-state index contributed by atoms with van der Waals surface area (Å²) in [6.45, 7) is 0. The number of para-hydroxylation sites is 2. The molecule has 0 saturated heterocycles. The molecule has 0 aliphatic rings. The predicted molar refractivity (Wildman–Crippen MR) is 106 cm³/mol. The van der Waals surface area contributed by atoms with Gasteiger partial charge in [0.2, 0.25) is 0 Å². The lowest BCUT2D eigenvalue weighted by Gasteiger charge is -2.12. The van der Waals surface area contributed by atoms with E-state index < -0.39 is 0 Å². The number of rotatable bonds is 1. The summed E-state index contributed by atoms with van der Waals surface area (Å²) in [6, 6.07) is 30.1. The molecule has 0 radical (unpaired) electrons. The molecule has 0 spiro atoms. The highest BCUT2D eigenvalue weighted by Crippen LogP contribution is 2.35. The molecule has 0 fully saturated rings. The van der Waals surface area contributed by atoms with Crippen molar-refractivity contribution in [2.45, 2.75) is 0 Å². The van der Waals surface area contributed by atoms with Crippen molar-refractivity contribution in [1.29, 1.82) is 0 Å². The maximum Gasteiger partial charge on any atom is 0.0610 e. The third kappa shape index (κ3) is 1.93. The Morgan fingerprint density at radius 2 is 1.08 bits per heavy atom. The van der Waals surface area contributed by atoms with Gasteiger partial charge in [-0.05, 0) is 51.0 Å². The number of halogens is 1. The van der Waals surface area contributed by atoms with Crippen LogP contribution in [0.5, 0.6) is 0 Å². The van der Waals surface area contributed by atoms with Gasteiger partial charge >= 0.3 is 0 Å². The van der Waals surface area contributed by atoms with Crippen molar-refractivity contribution in [2.24, 2.45) is 0 Å². The van der Waals surface area contributed by atoms with E-state index in [4.69, 9.17) is 0 Å². The molecule has 0 unspecified atom stereocenters. The summed E-state index contributed by atoms with van der Waals surface area (Å²) >= 11 is 3.79. The number of nitrogens with zero attached hydrogens (tertiary/aromatic N) is 1. The average Bonchev–Trinajstić information content (AvgIpc) is 2.96.